The van der Waals surface area contributed by atoms with E-state index in [4.69, 9.17) is 5.53 Å². The second kappa shape index (κ2) is 5.32. The van der Waals surface area contributed by atoms with Gasteiger partial charge in [-0.25, -0.2) is 9.37 Å². The van der Waals surface area contributed by atoms with Crippen molar-refractivity contribution in [1.29, 1.82) is 0 Å². The van der Waals surface area contributed by atoms with Gasteiger partial charge in [-0.2, -0.15) is 0 Å². The van der Waals surface area contributed by atoms with Gasteiger partial charge in [0.2, 0.25) is 5.91 Å². The Bertz CT molecular complexity index is 531. The molecule has 1 unspecified atom stereocenters. The molecule has 0 aromatic carbocycles. The van der Waals surface area contributed by atoms with E-state index >= 15 is 0 Å². The number of azide groups is 1. The lowest BCUT2D eigenvalue weighted by Gasteiger charge is -2.15. The minimum atomic E-state index is -0.554. The van der Waals surface area contributed by atoms with Crippen LogP contribution in [0.5, 0.6) is 0 Å². The van der Waals surface area contributed by atoms with Crippen molar-refractivity contribution in [3.63, 3.8) is 0 Å². The number of anilines is 1. The SMILES string of the molecule is [N-]=[N+]=NCC1CC(=O)N(c2ncc(Br)cc2F)C1. The number of aromatic nitrogens is 1. The van der Waals surface area contributed by atoms with Gasteiger partial charge in [-0.3, -0.25) is 9.69 Å². The van der Waals surface area contributed by atoms with Crippen molar-refractivity contribution in [1.82, 2.24) is 4.98 Å². The highest BCUT2D eigenvalue weighted by atomic mass is 79.9. The van der Waals surface area contributed by atoms with Crippen LogP contribution in [0.4, 0.5) is 10.2 Å². The van der Waals surface area contributed by atoms with Gasteiger partial charge in [0.25, 0.3) is 0 Å². The van der Waals surface area contributed by atoms with E-state index in [-0.39, 0.29) is 30.6 Å². The van der Waals surface area contributed by atoms with Gasteiger partial charge in [0.1, 0.15) is 0 Å². The summed E-state index contributed by atoms with van der Waals surface area (Å²) in [5.74, 6) is -0.825. The molecular formula is C10H9BrFN5O. The van der Waals surface area contributed by atoms with Crippen LogP contribution in [0.3, 0.4) is 0 Å². The molecule has 1 aliphatic rings. The van der Waals surface area contributed by atoms with Gasteiger partial charge < -0.3 is 0 Å². The van der Waals surface area contributed by atoms with Crippen molar-refractivity contribution < 1.29 is 9.18 Å². The summed E-state index contributed by atoms with van der Waals surface area (Å²) in [6, 6.07) is 1.26. The lowest BCUT2D eigenvalue weighted by Crippen LogP contribution is -2.26. The first-order chi connectivity index (χ1) is 8.61. The first-order valence-electron chi connectivity index (χ1n) is 5.24. The second-order valence-corrected chi connectivity index (χ2v) is 4.86. The van der Waals surface area contributed by atoms with Crippen LogP contribution >= 0.6 is 15.9 Å². The molecule has 0 bridgehead atoms. The van der Waals surface area contributed by atoms with Crippen LogP contribution < -0.4 is 4.90 Å². The number of hydrogen-bond donors (Lipinski definition) is 0. The van der Waals surface area contributed by atoms with Crippen LogP contribution in [0.2, 0.25) is 0 Å². The van der Waals surface area contributed by atoms with Gasteiger partial charge >= 0.3 is 0 Å². The van der Waals surface area contributed by atoms with Crippen LogP contribution in [-0.2, 0) is 4.79 Å². The maximum Gasteiger partial charge on any atom is 0.228 e. The Labute approximate surface area is 111 Å². The van der Waals surface area contributed by atoms with Crippen molar-refractivity contribution in [2.24, 2.45) is 11.0 Å². The highest BCUT2D eigenvalue weighted by Crippen LogP contribution is 2.27. The number of carbonyl (C=O) groups excluding carboxylic acids is 1. The topological polar surface area (TPSA) is 82.0 Å². The van der Waals surface area contributed by atoms with Crippen LogP contribution in [0, 0.1) is 11.7 Å². The number of carbonyl (C=O) groups is 1. The van der Waals surface area contributed by atoms with Crippen molar-refractivity contribution in [3.05, 3.63) is 33.0 Å². The largest absolute Gasteiger partial charge is 0.294 e. The van der Waals surface area contributed by atoms with E-state index in [0.717, 1.165) is 0 Å². The average Bonchev–Trinajstić information content (AvgIpc) is 2.68. The Balaban J connectivity index is 2.18. The molecule has 2 rings (SSSR count). The number of halogens is 2. The molecule has 0 saturated carbocycles. The summed E-state index contributed by atoms with van der Waals surface area (Å²) in [5, 5.41) is 3.43. The summed E-state index contributed by atoms with van der Waals surface area (Å²) < 4.78 is 14.2. The van der Waals surface area contributed by atoms with Gasteiger partial charge in [-0.15, -0.1) is 0 Å². The van der Waals surface area contributed by atoms with Crippen LogP contribution in [0.25, 0.3) is 10.4 Å². The molecule has 0 radical (unpaired) electrons. The van der Waals surface area contributed by atoms with Gasteiger partial charge in [0.05, 0.1) is 0 Å². The molecule has 1 fully saturated rings. The number of hydrogen-bond acceptors (Lipinski definition) is 3. The number of amides is 1. The van der Waals surface area contributed by atoms with E-state index in [2.05, 4.69) is 30.9 Å². The van der Waals surface area contributed by atoms with Gasteiger partial charge in [0, 0.05) is 35.1 Å². The van der Waals surface area contributed by atoms with Gasteiger partial charge in [-0.1, -0.05) is 5.11 Å². The molecule has 1 atom stereocenters. The molecule has 1 saturated heterocycles. The monoisotopic (exact) mass is 313 g/mol. The zero-order chi connectivity index (χ0) is 13.1. The van der Waals surface area contributed by atoms with E-state index in [1.54, 1.807) is 0 Å². The second-order valence-electron chi connectivity index (χ2n) is 3.95. The lowest BCUT2D eigenvalue weighted by atomic mass is 10.1. The van der Waals surface area contributed by atoms with Crippen molar-refractivity contribution >= 4 is 27.7 Å². The molecule has 1 amide bonds. The molecule has 8 heteroatoms. The predicted molar refractivity (Wildman–Crippen MR) is 66.4 cm³/mol. The number of rotatable bonds is 3. The molecule has 6 nitrogen and oxygen atoms in total. The third-order valence-corrected chi connectivity index (χ3v) is 3.09. The summed E-state index contributed by atoms with van der Waals surface area (Å²) in [6.07, 6.45) is 1.68. The molecule has 2 heterocycles. The van der Waals surface area contributed by atoms with Gasteiger partial charge in [0.15, 0.2) is 11.6 Å². The standard InChI is InChI=1S/C10H9BrFN5O/c11-7-2-8(12)10(14-4-7)17-5-6(1-9(17)18)3-15-16-13/h2,4,6H,1,3,5H2. The quantitative estimate of drug-likeness (QED) is 0.488. The molecule has 1 aliphatic heterocycles. The van der Waals surface area contributed by atoms with Gasteiger partial charge in [-0.05, 0) is 33.4 Å². The van der Waals surface area contributed by atoms with Crippen LogP contribution in [0.15, 0.2) is 21.9 Å². The van der Waals surface area contributed by atoms with Crippen LogP contribution in [-0.4, -0.2) is 24.0 Å². The molecule has 18 heavy (non-hydrogen) atoms. The molecule has 0 aliphatic carbocycles. The Morgan fingerprint density at radius 3 is 3.17 bits per heavy atom. The van der Waals surface area contributed by atoms with E-state index in [1.807, 2.05) is 0 Å². The molecular weight excluding hydrogens is 305 g/mol. The highest BCUT2D eigenvalue weighted by Gasteiger charge is 2.32. The zero-order valence-electron chi connectivity index (χ0n) is 9.25. The van der Waals surface area contributed by atoms with Crippen molar-refractivity contribution in [3.8, 4) is 0 Å². The van der Waals surface area contributed by atoms with Crippen molar-refractivity contribution in [2.45, 2.75) is 6.42 Å². The van der Waals surface area contributed by atoms with Crippen molar-refractivity contribution in [2.75, 3.05) is 18.0 Å². The maximum atomic E-state index is 13.7. The van der Waals surface area contributed by atoms with E-state index in [9.17, 15) is 9.18 Å². The fraction of sp³-hybridized carbons (Fsp3) is 0.400. The third kappa shape index (κ3) is 2.60. The predicted octanol–water partition coefficient (Wildman–Crippen LogP) is 2.65. The molecule has 1 aromatic heterocycles. The smallest absolute Gasteiger partial charge is 0.228 e. The Kier molecular flexibility index (Phi) is 3.78. The Hall–Kier alpha value is -1.66. The number of pyridine rings is 1. The van der Waals surface area contributed by atoms with E-state index in [0.29, 0.717) is 11.0 Å². The first kappa shape index (κ1) is 12.8. The zero-order valence-corrected chi connectivity index (χ0v) is 10.8. The Morgan fingerprint density at radius 2 is 2.50 bits per heavy atom. The highest BCUT2D eigenvalue weighted by molar-refractivity contribution is 9.10. The summed E-state index contributed by atoms with van der Waals surface area (Å²) in [4.78, 5) is 19.6. The number of nitrogens with zero attached hydrogens (tertiary/aromatic N) is 5. The normalized spacial score (nSPS) is 18.9. The molecule has 94 valence electrons. The third-order valence-electron chi connectivity index (χ3n) is 2.65. The minimum absolute atomic E-state index is 0.0200. The summed E-state index contributed by atoms with van der Waals surface area (Å²) in [5.41, 5.74) is 8.23. The minimum Gasteiger partial charge on any atom is -0.294 e. The fourth-order valence-electron chi connectivity index (χ4n) is 1.87. The van der Waals surface area contributed by atoms with Crippen LogP contribution in [0.1, 0.15) is 6.42 Å². The first-order valence-corrected chi connectivity index (χ1v) is 6.03. The lowest BCUT2D eigenvalue weighted by molar-refractivity contribution is -0.117. The Morgan fingerprint density at radius 1 is 1.72 bits per heavy atom. The summed E-state index contributed by atoms with van der Waals surface area (Å²) in [7, 11) is 0. The maximum absolute atomic E-state index is 13.7. The fourth-order valence-corrected chi connectivity index (χ4v) is 2.17. The molecule has 0 spiro atoms. The van der Waals surface area contributed by atoms with E-state index in [1.165, 1.54) is 17.2 Å². The van der Waals surface area contributed by atoms with E-state index < -0.39 is 5.82 Å². The average molecular weight is 314 g/mol. The summed E-state index contributed by atoms with van der Waals surface area (Å²) in [6.45, 7) is 0.556. The summed E-state index contributed by atoms with van der Waals surface area (Å²) >= 11 is 3.10. The molecule has 1 aromatic rings. The molecule has 0 N–H and O–H groups in total.